The molecule has 1 aliphatic carbocycles. The summed E-state index contributed by atoms with van der Waals surface area (Å²) in [5, 5.41) is 0. The molecule has 0 amide bonds. The van der Waals surface area contributed by atoms with Crippen LogP contribution in [0.4, 0.5) is 0 Å². The Bertz CT molecular complexity index is 1120. The number of nitrogens with zero attached hydrogens (tertiary/aromatic N) is 4. The molecule has 1 N–H and O–H groups in total. The van der Waals surface area contributed by atoms with Gasteiger partial charge in [0.25, 0.3) is 10.2 Å². The van der Waals surface area contributed by atoms with Crippen molar-refractivity contribution in [2.75, 3.05) is 33.7 Å². The van der Waals surface area contributed by atoms with Gasteiger partial charge in [0.1, 0.15) is 0 Å². The summed E-state index contributed by atoms with van der Waals surface area (Å²) in [7, 11) is -0.550. The highest BCUT2D eigenvalue weighted by molar-refractivity contribution is 7.87. The molecule has 2 heterocycles. The molecule has 4 rings (SSSR count). The monoisotopic (exact) mass is 491 g/mol. The zero-order valence-corrected chi connectivity index (χ0v) is 21.8. The topological polar surface area (TPSA) is 79.6 Å². The van der Waals surface area contributed by atoms with E-state index in [-0.39, 0.29) is 17.8 Å². The van der Waals surface area contributed by atoms with E-state index in [2.05, 4.69) is 9.62 Å². The maximum atomic E-state index is 13.5. The van der Waals surface area contributed by atoms with Crippen molar-refractivity contribution in [2.24, 2.45) is 5.92 Å². The van der Waals surface area contributed by atoms with Gasteiger partial charge in [-0.15, -0.1) is 0 Å². The van der Waals surface area contributed by atoms with E-state index < -0.39 is 10.2 Å². The van der Waals surface area contributed by atoms with Crippen molar-refractivity contribution < 1.29 is 8.42 Å². The number of rotatable bonds is 7. The lowest BCUT2D eigenvalue weighted by Gasteiger charge is -2.41. The van der Waals surface area contributed by atoms with E-state index in [1.807, 2.05) is 35.8 Å². The maximum Gasteiger partial charge on any atom is 0.329 e. The number of benzene rings is 1. The molecule has 1 saturated heterocycles. The van der Waals surface area contributed by atoms with Crippen LogP contribution in [0.3, 0.4) is 0 Å². The molecule has 190 valence electrons. The third-order valence-electron chi connectivity index (χ3n) is 7.70. The molecule has 0 spiro atoms. The number of likely N-dealkylation sites (tertiary alicyclic amines) is 1. The fourth-order valence-corrected chi connectivity index (χ4v) is 6.67. The summed E-state index contributed by atoms with van der Waals surface area (Å²) in [6.07, 6.45) is 9.86. The van der Waals surface area contributed by atoms with E-state index in [9.17, 15) is 13.2 Å². The molecular formula is C25H41N5O3S. The Morgan fingerprint density at radius 2 is 1.65 bits per heavy atom. The number of para-hydroxylation sites is 2. The van der Waals surface area contributed by atoms with Crippen molar-refractivity contribution in [1.82, 2.24) is 23.1 Å². The lowest BCUT2D eigenvalue weighted by molar-refractivity contribution is 0.127. The first kappa shape index (κ1) is 25.4. The van der Waals surface area contributed by atoms with E-state index in [4.69, 9.17) is 0 Å². The van der Waals surface area contributed by atoms with Crippen molar-refractivity contribution in [2.45, 2.75) is 76.9 Å². The first-order valence-electron chi connectivity index (χ1n) is 12.9. The van der Waals surface area contributed by atoms with E-state index in [1.165, 1.54) is 49.3 Å². The van der Waals surface area contributed by atoms with Crippen LogP contribution >= 0.6 is 0 Å². The van der Waals surface area contributed by atoms with Crippen LogP contribution in [-0.4, -0.2) is 66.5 Å². The maximum absolute atomic E-state index is 13.5. The molecule has 1 saturated carbocycles. The summed E-state index contributed by atoms with van der Waals surface area (Å²) >= 11 is 0. The van der Waals surface area contributed by atoms with Gasteiger partial charge in [-0.2, -0.15) is 17.4 Å². The summed E-state index contributed by atoms with van der Waals surface area (Å²) < 4.78 is 33.5. The summed E-state index contributed by atoms with van der Waals surface area (Å²) in [4.78, 5) is 15.9. The minimum absolute atomic E-state index is 0.0591. The van der Waals surface area contributed by atoms with Crippen LogP contribution in [0.15, 0.2) is 29.1 Å². The number of nitrogens with one attached hydrogen (secondary N) is 1. The van der Waals surface area contributed by atoms with Gasteiger partial charge in [-0.1, -0.05) is 44.2 Å². The second-order valence-corrected chi connectivity index (χ2v) is 12.1. The fourth-order valence-electron chi connectivity index (χ4n) is 5.84. The lowest BCUT2D eigenvalue weighted by atomic mass is 9.89. The van der Waals surface area contributed by atoms with Crippen molar-refractivity contribution >= 4 is 21.2 Å². The van der Waals surface area contributed by atoms with Crippen LogP contribution in [-0.2, 0) is 16.8 Å². The summed E-state index contributed by atoms with van der Waals surface area (Å²) in [6, 6.07) is 7.24. The molecule has 2 aromatic rings. The predicted octanol–water partition coefficient (Wildman–Crippen LogP) is 3.19. The quantitative estimate of drug-likeness (QED) is 0.645. The largest absolute Gasteiger partial charge is 0.329 e. The molecule has 8 nitrogen and oxygen atoms in total. The highest BCUT2D eigenvalue weighted by Crippen LogP contribution is 2.29. The number of imidazole rings is 1. The molecule has 9 heteroatoms. The molecule has 1 aromatic heterocycles. The molecule has 1 aliphatic heterocycles. The average Bonchev–Trinajstić information content (AvgIpc) is 3.06. The van der Waals surface area contributed by atoms with E-state index >= 15 is 0 Å². The highest BCUT2D eigenvalue weighted by Gasteiger charge is 2.36. The first-order chi connectivity index (χ1) is 16.3. The molecule has 2 unspecified atom stereocenters. The van der Waals surface area contributed by atoms with Crippen molar-refractivity contribution in [3.63, 3.8) is 0 Å². The molecule has 0 bridgehead atoms. The van der Waals surface area contributed by atoms with Crippen LogP contribution in [0.1, 0.15) is 64.3 Å². The summed E-state index contributed by atoms with van der Waals surface area (Å²) in [6.45, 7) is 5.06. The van der Waals surface area contributed by atoms with Gasteiger partial charge in [0.2, 0.25) is 0 Å². The minimum atomic E-state index is -3.64. The van der Waals surface area contributed by atoms with Gasteiger partial charge in [0, 0.05) is 40.3 Å². The van der Waals surface area contributed by atoms with Gasteiger partial charge in [-0.25, -0.2) is 4.79 Å². The number of fused-ring (bicyclic) bond motifs is 1. The second kappa shape index (κ2) is 10.9. The molecular weight excluding hydrogens is 450 g/mol. The van der Waals surface area contributed by atoms with Crippen LogP contribution in [0.2, 0.25) is 0 Å². The fraction of sp³-hybridized carbons (Fsp3) is 0.720. The third-order valence-corrected chi connectivity index (χ3v) is 9.26. The Morgan fingerprint density at radius 3 is 2.29 bits per heavy atom. The van der Waals surface area contributed by atoms with Gasteiger partial charge in [-0.05, 0) is 44.2 Å². The highest BCUT2D eigenvalue weighted by atomic mass is 32.2. The first-order valence-corrected chi connectivity index (χ1v) is 14.4. The summed E-state index contributed by atoms with van der Waals surface area (Å²) in [5.41, 5.74) is 1.72. The normalized spacial score (nSPS) is 23.9. The Hall–Kier alpha value is -1.68. The van der Waals surface area contributed by atoms with Gasteiger partial charge in [0.05, 0.1) is 23.1 Å². The van der Waals surface area contributed by atoms with Crippen LogP contribution in [0, 0.1) is 5.92 Å². The van der Waals surface area contributed by atoms with E-state index in [0.717, 1.165) is 30.5 Å². The molecule has 34 heavy (non-hydrogen) atoms. The molecule has 2 atom stereocenters. The van der Waals surface area contributed by atoms with E-state index in [1.54, 1.807) is 18.7 Å². The molecule has 2 aliphatic rings. The Balaban J connectivity index is 1.63. The van der Waals surface area contributed by atoms with Gasteiger partial charge in [-0.3, -0.25) is 9.13 Å². The zero-order valence-electron chi connectivity index (χ0n) is 20.9. The average molecular weight is 492 g/mol. The Labute approximate surface area is 204 Å². The number of hydrogen-bond acceptors (Lipinski definition) is 4. The SMILES string of the molecule is CCn1c(=O)n(C2CCN(CC3CCCCCCC3)CC2NS(=O)(=O)N(C)C)c2ccccc21. The van der Waals surface area contributed by atoms with E-state index in [0.29, 0.717) is 19.0 Å². The van der Waals surface area contributed by atoms with Gasteiger partial charge < -0.3 is 4.90 Å². The van der Waals surface area contributed by atoms with Crippen molar-refractivity contribution in [3.05, 3.63) is 34.7 Å². The smallest absolute Gasteiger partial charge is 0.301 e. The van der Waals surface area contributed by atoms with Crippen LogP contribution < -0.4 is 10.4 Å². The third kappa shape index (κ3) is 5.42. The summed E-state index contributed by atoms with van der Waals surface area (Å²) in [5.74, 6) is 0.674. The Kier molecular flexibility index (Phi) is 8.17. The number of piperidine rings is 1. The van der Waals surface area contributed by atoms with Crippen LogP contribution in [0.25, 0.3) is 11.0 Å². The lowest BCUT2D eigenvalue weighted by Crippen LogP contribution is -2.56. The van der Waals surface area contributed by atoms with Crippen molar-refractivity contribution in [3.8, 4) is 0 Å². The minimum Gasteiger partial charge on any atom is -0.301 e. The van der Waals surface area contributed by atoms with Gasteiger partial charge in [0.15, 0.2) is 0 Å². The standard InChI is InChI=1S/C25H41N5O3S/c1-4-29-23-14-10-11-15-24(23)30(25(29)31)22-16-17-28(18-20-12-8-6-5-7-9-13-20)19-21(22)26-34(32,33)27(2)3/h10-11,14-15,20-22,26H,4-9,12-13,16-19H2,1-3H3. The molecule has 0 radical (unpaired) electrons. The number of hydrogen-bond donors (Lipinski definition) is 1. The predicted molar refractivity (Wildman–Crippen MR) is 137 cm³/mol. The van der Waals surface area contributed by atoms with Crippen molar-refractivity contribution in [1.29, 1.82) is 0 Å². The Morgan fingerprint density at radius 1 is 1.00 bits per heavy atom. The number of aromatic nitrogens is 2. The van der Waals surface area contributed by atoms with Gasteiger partial charge >= 0.3 is 5.69 Å². The molecule has 2 fully saturated rings. The molecule has 1 aromatic carbocycles. The zero-order chi connectivity index (χ0) is 24.3. The second-order valence-electron chi connectivity index (χ2n) is 10.2. The number of aryl methyl sites for hydroxylation is 1. The van der Waals surface area contributed by atoms with Crippen LogP contribution in [0.5, 0.6) is 0 Å².